The molecule has 6 unspecified atom stereocenters. The normalized spacial score (nSPS) is 19.3. The summed E-state index contributed by atoms with van der Waals surface area (Å²) < 4.78 is 25.5. The van der Waals surface area contributed by atoms with Gasteiger partial charge in [-0.15, -0.1) is 29.4 Å². The van der Waals surface area contributed by atoms with E-state index in [1.165, 1.54) is 6.92 Å². The number of Topliss-reactive ketones (excluding diaryl/α,β-unsaturated/α-hetero) is 3. The molecule has 0 radical (unpaired) electrons. The molecular weight excluding hydrogens is 618 g/mol. The zero-order valence-corrected chi connectivity index (χ0v) is 27.5. The molecule has 0 bridgehead atoms. The minimum atomic E-state index is -1.07. The maximum Gasteiger partial charge on any atom is 0.326 e. The second-order valence-electron chi connectivity index (χ2n) is 9.72. The third-order valence-electron chi connectivity index (χ3n) is 6.30. The monoisotopic (exact) mass is 670 g/mol. The molecule has 1 amide bonds. The van der Waals surface area contributed by atoms with E-state index in [0.717, 1.165) is 0 Å². The van der Waals surface area contributed by atoms with Crippen molar-refractivity contribution >= 4 is 53.7 Å². The first kappa shape index (κ1) is 36.5. The van der Waals surface area contributed by atoms with Crippen LogP contribution in [0.5, 0.6) is 0 Å². The summed E-state index contributed by atoms with van der Waals surface area (Å²) in [6.07, 6.45) is -1.66. The molecule has 0 aromatic heterocycles. The average molecular weight is 671 g/mol. The quantitative estimate of drug-likeness (QED) is 0.0295. The van der Waals surface area contributed by atoms with E-state index in [4.69, 9.17) is 21.9 Å². The fourth-order valence-electron chi connectivity index (χ4n) is 3.74. The van der Waals surface area contributed by atoms with E-state index in [1.807, 2.05) is 25.5 Å². The first-order valence-corrected chi connectivity index (χ1v) is 15.6. The Morgan fingerprint density at radius 1 is 0.773 bits per heavy atom. The molecule has 0 aliphatic heterocycles. The minimum Gasteiger partial charge on any atom is -0.378 e. The lowest BCUT2D eigenvalue weighted by atomic mass is 9.84. The van der Waals surface area contributed by atoms with Crippen LogP contribution in [0.1, 0.15) is 35.3 Å². The van der Waals surface area contributed by atoms with Gasteiger partial charge in [0.05, 0.1) is 64.4 Å². The smallest absolute Gasteiger partial charge is 0.326 e. The van der Waals surface area contributed by atoms with Crippen molar-refractivity contribution in [2.75, 3.05) is 71.9 Å². The molecule has 0 aromatic rings. The molecule has 16 nitrogen and oxygen atoms in total. The van der Waals surface area contributed by atoms with Crippen LogP contribution in [0.25, 0.3) is 0 Å². The molecule has 0 aromatic carbocycles. The third kappa shape index (κ3) is 18.1. The number of hydroxylamine groups is 2. The van der Waals surface area contributed by atoms with E-state index in [1.54, 1.807) is 0 Å². The zero-order chi connectivity index (χ0) is 34.5. The Morgan fingerprint density at radius 2 is 1.25 bits per heavy atom. The summed E-state index contributed by atoms with van der Waals surface area (Å²) in [6, 6.07) is -2.65. The van der Waals surface area contributed by atoms with Crippen molar-refractivity contribution in [1.82, 2.24) is 32.2 Å². The molecule has 1 aliphatic rings. The average Bonchev–Trinajstić information content (AvgIpc) is 2.99. The lowest BCUT2D eigenvalue weighted by Gasteiger charge is -2.41. The van der Waals surface area contributed by atoms with Crippen LogP contribution in [0.15, 0.2) is 0 Å². The number of carbonyl (C=O) groups is 6. The fraction of sp³-hybridized carbons (Fsp3) is 0.769. The lowest BCUT2D eigenvalue weighted by Crippen LogP contribution is -2.63. The summed E-state index contributed by atoms with van der Waals surface area (Å²) >= 11 is 0. The Labute approximate surface area is 265 Å². The molecule has 6 N–H and O–H groups in total. The van der Waals surface area contributed by atoms with Gasteiger partial charge in [0.25, 0.3) is 0 Å². The van der Waals surface area contributed by atoms with Crippen molar-refractivity contribution in [2.45, 2.75) is 56.8 Å². The van der Waals surface area contributed by atoms with Crippen molar-refractivity contribution in [3.63, 3.8) is 0 Å². The van der Waals surface area contributed by atoms with Crippen molar-refractivity contribution in [1.29, 1.82) is 0 Å². The number of ketones is 3. The highest BCUT2D eigenvalue weighted by atomic mass is 31.0. The van der Waals surface area contributed by atoms with Crippen molar-refractivity contribution in [3.05, 3.63) is 0 Å². The lowest BCUT2D eigenvalue weighted by molar-refractivity contribution is -0.154. The van der Waals surface area contributed by atoms with Crippen LogP contribution in [0.4, 0.5) is 0 Å². The molecule has 1 saturated carbocycles. The van der Waals surface area contributed by atoms with Crippen LogP contribution < -0.4 is 32.2 Å². The number of ether oxygens (including phenoxy) is 2. The van der Waals surface area contributed by atoms with Crippen LogP contribution >= 0.6 is 18.5 Å². The van der Waals surface area contributed by atoms with Gasteiger partial charge in [-0.1, -0.05) is 0 Å². The minimum absolute atomic E-state index is 0.161. The highest BCUT2D eigenvalue weighted by molar-refractivity contribution is 7.18. The topological polar surface area (TPSA) is 212 Å². The number of carbonyl (C=O) groups excluding carboxylic acids is 6. The van der Waals surface area contributed by atoms with Gasteiger partial charge < -0.3 is 40.4 Å². The fourth-order valence-corrected chi connectivity index (χ4v) is 3.97. The number of hydrogen-bond acceptors (Lipinski definition) is 15. The van der Waals surface area contributed by atoms with E-state index >= 15 is 0 Å². The van der Waals surface area contributed by atoms with E-state index in [-0.39, 0.29) is 50.5 Å². The highest BCUT2D eigenvalue weighted by Gasteiger charge is 2.37. The Kier molecular flexibility index (Phi) is 20.1. The molecule has 44 heavy (non-hydrogen) atoms. The van der Waals surface area contributed by atoms with Gasteiger partial charge in [-0.05, 0) is 26.8 Å². The van der Waals surface area contributed by atoms with Gasteiger partial charge in [-0.2, -0.15) is 0 Å². The number of hydrogen-bond donors (Lipinski definition) is 6. The maximum absolute atomic E-state index is 13.1. The Bertz CT molecular complexity index is 1000. The van der Waals surface area contributed by atoms with Crippen molar-refractivity contribution in [2.24, 2.45) is 0 Å². The van der Waals surface area contributed by atoms with Crippen molar-refractivity contribution in [3.8, 4) is 0 Å². The second kappa shape index (κ2) is 24.3. The summed E-state index contributed by atoms with van der Waals surface area (Å²) in [5.41, 5.74) is 4.41. The molecule has 1 rings (SSSR count). The van der Waals surface area contributed by atoms with Crippen LogP contribution in [0.3, 0.4) is 0 Å². The molecule has 18 heteroatoms. The maximum atomic E-state index is 13.1. The van der Waals surface area contributed by atoms with E-state index in [9.17, 15) is 28.8 Å². The summed E-state index contributed by atoms with van der Waals surface area (Å²) in [5.74, 6) is -3.47. The third-order valence-corrected chi connectivity index (χ3v) is 7.05. The molecule has 1 fully saturated rings. The number of amides is 1. The SMILES string of the molecule is [3H]C(P)C(=O)CNOC(=O)C[C@H](NC1CCC1N[C@@H](CC(=O)ONCC(=O)C([3H])P)C(=O)NCCOCCOCCNC)C(C)=O. The first-order valence-electron chi connectivity index (χ1n) is 15.4. The van der Waals surface area contributed by atoms with Crippen molar-refractivity contribution < 1.29 is 50.7 Å². The standard InChI is InChI=1S/C26H48N6O10P2/c1-17(33)22(11-24(36)41-29-13-18(34)15-43)31-20-3-4-21(20)32-23(12-25(37)42-30-14-19(35)16-44)26(38)28-6-8-40-10-9-39-7-5-27-2/h20-23,27,29-32H,3-16,43-44H2,1-2H3,(H,28,38)/t20?,21?,22-,23-/m0/s1/i15T,16T/t15?,16?,20?,21?,22-,23-. The Morgan fingerprint density at radius 3 is 1.70 bits per heavy atom. The van der Waals surface area contributed by atoms with Crippen LogP contribution in [0.2, 0.25) is 0 Å². The van der Waals surface area contributed by atoms with Crippen LogP contribution in [0, 0.1) is 0 Å². The molecule has 0 heterocycles. The van der Waals surface area contributed by atoms with Gasteiger partial charge in [0, 0.05) is 40.2 Å². The van der Waals surface area contributed by atoms with E-state index in [2.05, 4.69) is 32.2 Å². The van der Waals surface area contributed by atoms with Crippen LogP contribution in [-0.4, -0.2) is 131 Å². The Hall–Kier alpha value is -2.00. The van der Waals surface area contributed by atoms with Gasteiger partial charge in [-0.3, -0.25) is 28.8 Å². The molecule has 8 atom stereocenters. The molecule has 1 aliphatic carbocycles. The summed E-state index contributed by atoms with van der Waals surface area (Å²) in [7, 11) is 5.85. The van der Waals surface area contributed by atoms with Gasteiger partial charge >= 0.3 is 11.9 Å². The highest BCUT2D eigenvalue weighted by Crippen LogP contribution is 2.22. The number of likely N-dealkylation sites (N-methyl/N-ethyl adjacent to an activating group) is 1. The molecule has 0 spiro atoms. The predicted octanol–water partition coefficient (Wildman–Crippen LogP) is -2.84. The molecule has 252 valence electrons. The Balaban J connectivity index is 2.70. The number of rotatable bonds is 27. The van der Waals surface area contributed by atoms with E-state index in [0.29, 0.717) is 39.2 Å². The number of nitrogens with one attached hydrogen (secondary N) is 6. The summed E-state index contributed by atoms with van der Waals surface area (Å²) in [4.78, 5) is 82.9. The van der Waals surface area contributed by atoms with Gasteiger partial charge in [0.15, 0.2) is 11.6 Å². The summed E-state index contributed by atoms with van der Waals surface area (Å²) in [5, 5.41) is 11.9. The van der Waals surface area contributed by atoms with Crippen LogP contribution in [-0.2, 0) is 47.9 Å². The zero-order valence-electron chi connectivity index (χ0n) is 27.2. The van der Waals surface area contributed by atoms with E-state index < -0.39 is 60.2 Å². The molecular formula is C26H48N6O10P2. The predicted molar refractivity (Wildman–Crippen MR) is 167 cm³/mol. The second-order valence-corrected chi connectivity index (χ2v) is 10.4. The first-order chi connectivity index (χ1) is 21.8. The van der Waals surface area contributed by atoms with Gasteiger partial charge in [-0.25, -0.2) is 0 Å². The summed E-state index contributed by atoms with van der Waals surface area (Å²) in [6.45, 7) is 2.95. The molecule has 0 saturated heterocycles. The van der Waals surface area contributed by atoms with Gasteiger partial charge in [0.2, 0.25) is 5.91 Å². The largest absolute Gasteiger partial charge is 0.378 e. The van der Waals surface area contributed by atoms with Gasteiger partial charge in [0.1, 0.15) is 5.78 Å².